The smallest absolute Gasteiger partial charge is 0.311 e. The maximum absolute atomic E-state index is 11.6. The number of hydrogen-bond donors (Lipinski definition) is 0. The number of ketones is 1. The Hall–Kier alpha value is -2.44. The lowest BCUT2D eigenvalue weighted by atomic mass is 9.67. The Balaban J connectivity index is 1.99. The van der Waals surface area contributed by atoms with Crippen molar-refractivity contribution in [3.63, 3.8) is 0 Å². The van der Waals surface area contributed by atoms with Crippen LogP contribution >= 0.6 is 11.6 Å². The molecule has 0 spiro atoms. The van der Waals surface area contributed by atoms with E-state index in [9.17, 15) is 14.9 Å². The van der Waals surface area contributed by atoms with Gasteiger partial charge in [0.05, 0.1) is 16.4 Å². The second kappa shape index (κ2) is 8.51. The molecule has 0 aliphatic heterocycles. The fraction of sp³-hybridized carbons (Fsp3) is 0.409. The number of carbonyl (C=O) groups excluding carboxylic acids is 1. The minimum atomic E-state index is -0.525. The third kappa shape index (κ3) is 4.14. The van der Waals surface area contributed by atoms with Gasteiger partial charge in [-0.15, -0.1) is 0 Å². The molecule has 0 aromatic heterocycles. The van der Waals surface area contributed by atoms with E-state index >= 15 is 0 Å². The van der Waals surface area contributed by atoms with Crippen molar-refractivity contribution in [3.8, 4) is 5.75 Å². The number of aryl methyl sites for hydroxylation is 1. The highest BCUT2D eigenvalue weighted by Gasteiger charge is 2.43. The highest BCUT2D eigenvalue weighted by atomic mass is 35.5. The van der Waals surface area contributed by atoms with Gasteiger partial charge < -0.3 is 9.47 Å². The highest BCUT2D eigenvalue weighted by molar-refractivity contribution is 6.30. The number of nitro groups is 1. The minimum absolute atomic E-state index is 0.142. The number of ether oxygens (including phenoxy) is 2. The number of rotatable bonds is 7. The van der Waals surface area contributed by atoms with E-state index in [1.807, 2.05) is 25.1 Å². The number of methoxy groups -OCH3 is 1. The van der Waals surface area contributed by atoms with Crippen LogP contribution in [0.2, 0.25) is 5.02 Å². The van der Waals surface area contributed by atoms with Crippen molar-refractivity contribution in [2.45, 2.75) is 44.6 Å². The summed E-state index contributed by atoms with van der Waals surface area (Å²) in [4.78, 5) is 22.6. The zero-order valence-corrected chi connectivity index (χ0v) is 17.5. The molecule has 6 nitrogen and oxygen atoms in total. The predicted octanol–water partition coefficient (Wildman–Crippen LogP) is 5.14. The van der Waals surface area contributed by atoms with Gasteiger partial charge in [0.25, 0.3) is 0 Å². The molecule has 0 saturated heterocycles. The van der Waals surface area contributed by atoms with Crippen LogP contribution in [0.1, 0.15) is 48.2 Å². The van der Waals surface area contributed by atoms with E-state index in [0.717, 1.165) is 30.4 Å². The molecule has 2 atom stereocenters. The van der Waals surface area contributed by atoms with Crippen LogP contribution in [0.5, 0.6) is 5.75 Å². The van der Waals surface area contributed by atoms with Crippen LogP contribution in [0.25, 0.3) is 0 Å². The molecule has 154 valence electrons. The summed E-state index contributed by atoms with van der Waals surface area (Å²) in [7, 11) is 1.65. The monoisotopic (exact) mass is 417 g/mol. The molecule has 0 heterocycles. The van der Waals surface area contributed by atoms with E-state index in [1.165, 1.54) is 19.1 Å². The van der Waals surface area contributed by atoms with Gasteiger partial charge in [-0.25, -0.2) is 0 Å². The summed E-state index contributed by atoms with van der Waals surface area (Å²) >= 11 is 6.19. The van der Waals surface area contributed by atoms with E-state index in [4.69, 9.17) is 21.1 Å². The molecular formula is C22H24ClNO5. The molecular weight excluding hydrogens is 394 g/mol. The Kier molecular flexibility index (Phi) is 6.24. The van der Waals surface area contributed by atoms with Crippen LogP contribution in [0.4, 0.5) is 5.69 Å². The third-order valence-corrected chi connectivity index (χ3v) is 6.09. The second-order valence-corrected chi connectivity index (χ2v) is 7.91. The number of carbonyl (C=O) groups is 1. The van der Waals surface area contributed by atoms with E-state index in [0.29, 0.717) is 5.02 Å². The lowest BCUT2D eigenvalue weighted by Crippen LogP contribution is -2.46. The van der Waals surface area contributed by atoms with Crippen molar-refractivity contribution < 1.29 is 19.2 Å². The first kappa shape index (κ1) is 21.3. The van der Waals surface area contributed by atoms with Crippen molar-refractivity contribution in [1.82, 2.24) is 0 Å². The summed E-state index contributed by atoms with van der Waals surface area (Å²) in [6.07, 6.45) is 2.52. The summed E-state index contributed by atoms with van der Waals surface area (Å²) in [5, 5.41) is 12.2. The molecule has 1 aliphatic carbocycles. The van der Waals surface area contributed by atoms with Crippen molar-refractivity contribution in [1.29, 1.82) is 0 Å². The Labute approximate surface area is 174 Å². The zero-order chi connectivity index (χ0) is 21.2. The predicted molar refractivity (Wildman–Crippen MR) is 111 cm³/mol. The molecule has 0 amide bonds. The molecule has 29 heavy (non-hydrogen) atoms. The number of halogens is 1. The standard InChI is InChI=1S/C22H24ClNO5/c1-14(25)16-6-9-21(20(12-16)24(26)27)29-13-22(15(2)28-3)10-4-5-17-11-18(23)7-8-19(17)22/h6-9,11-12,15H,4-5,10,13H2,1-3H3/t15?,22-/m1/s1. The van der Waals surface area contributed by atoms with Gasteiger partial charge in [-0.2, -0.15) is 0 Å². The van der Waals surface area contributed by atoms with Gasteiger partial charge in [0.1, 0.15) is 6.61 Å². The Bertz CT molecular complexity index is 945. The first-order chi connectivity index (χ1) is 13.8. The molecule has 0 fully saturated rings. The molecule has 0 radical (unpaired) electrons. The molecule has 1 unspecified atom stereocenters. The molecule has 1 aliphatic rings. The van der Waals surface area contributed by atoms with Crippen molar-refractivity contribution in [2.75, 3.05) is 13.7 Å². The first-order valence-corrected chi connectivity index (χ1v) is 9.90. The lowest BCUT2D eigenvalue weighted by molar-refractivity contribution is -0.386. The number of nitro benzene ring substituents is 1. The number of benzene rings is 2. The normalized spacial score (nSPS) is 19.3. The number of fused-ring (bicyclic) bond motifs is 1. The number of nitrogens with zero attached hydrogens (tertiary/aromatic N) is 1. The molecule has 7 heteroatoms. The molecule has 0 bridgehead atoms. The maximum atomic E-state index is 11.6. The van der Waals surface area contributed by atoms with Gasteiger partial charge in [-0.3, -0.25) is 14.9 Å². The fourth-order valence-corrected chi connectivity index (χ4v) is 4.30. The fourth-order valence-electron chi connectivity index (χ4n) is 4.11. The summed E-state index contributed by atoms with van der Waals surface area (Å²) in [5.41, 5.74) is 1.86. The molecule has 2 aromatic carbocycles. The van der Waals surface area contributed by atoms with E-state index in [1.54, 1.807) is 13.2 Å². The summed E-state index contributed by atoms with van der Waals surface area (Å²) in [6, 6.07) is 10.1. The van der Waals surface area contributed by atoms with E-state index in [2.05, 4.69) is 0 Å². The Morgan fingerprint density at radius 2 is 2.07 bits per heavy atom. The van der Waals surface area contributed by atoms with Gasteiger partial charge in [0.2, 0.25) is 0 Å². The van der Waals surface area contributed by atoms with Crippen LogP contribution in [-0.2, 0) is 16.6 Å². The average molecular weight is 418 g/mol. The summed E-state index contributed by atoms with van der Waals surface area (Å²) < 4.78 is 11.7. The Morgan fingerprint density at radius 3 is 2.72 bits per heavy atom. The summed E-state index contributed by atoms with van der Waals surface area (Å²) in [5.74, 6) is -0.0917. The van der Waals surface area contributed by atoms with Crippen LogP contribution in [-0.4, -0.2) is 30.5 Å². The van der Waals surface area contributed by atoms with Crippen LogP contribution < -0.4 is 4.74 Å². The van der Waals surface area contributed by atoms with Crippen molar-refractivity contribution in [2.24, 2.45) is 0 Å². The van der Waals surface area contributed by atoms with Crippen LogP contribution in [0.3, 0.4) is 0 Å². The molecule has 0 N–H and O–H groups in total. The number of hydrogen-bond acceptors (Lipinski definition) is 5. The maximum Gasteiger partial charge on any atom is 0.311 e. The van der Waals surface area contributed by atoms with Crippen molar-refractivity contribution in [3.05, 3.63) is 68.2 Å². The van der Waals surface area contributed by atoms with Crippen LogP contribution in [0, 0.1) is 10.1 Å². The largest absolute Gasteiger partial charge is 0.486 e. The zero-order valence-electron chi connectivity index (χ0n) is 16.7. The van der Waals surface area contributed by atoms with Crippen molar-refractivity contribution >= 4 is 23.1 Å². The number of Topliss-reactive ketones (excluding diaryl/α,β-unsaturated/α-hetero) is 1. The molecule has 3 rings (SSSR count). The minimum Gasteiger partial charge on any atom is -0.486 e. The van der Waals surface area contributed by atoms with E-state index in [-0.39, 0.29) is 35.5 Å². The second-order valence-electron chi connectivity index (χ2n) is 7.47. The lowest BCUT2D eigenvalue weighted by Gasteiger charge is -2.42. The average Bonchev–Trinajstić information content (AvgIpc) is 2.70. The van der Waals surface area contributed by atoms with Gasteiger partial charge in [-0.05, 0) is 68.5 Å². The van der Waals surface area contributed by atoms with Crippen LogP contribution in [0.15, 0.2) is 36.4 Å². The SMILES string of the molecule is COC(C)[C@]1(COc2ccc(C(C)=O)cc2[N+](=O)[O-])CCCc2cc(Cl)ccc21. The van der Waals surface area contributed by atoms with E-state index < -0.39 is 10.3 Å². The van der Waals surface area contributed by atoms with Gasteiger partial charge in [-0.1, -0.05) is 17.7 Å². The topological polar surface area (TPSA) is 78.7 Å². The summed E-state index contributed by atoms with van der Waals surface area (Å²) in [6.45, 7) is 3.58. The quantitative estimate of drug-likeness (QED) is 0.354. The first-order valence-electron chi connectivity index (χ1n) is 9.52. The van der Waals surface area contributed by atoms with Gasteiger partial charge in [0.15, 0.2) is 11.5 Å². The molecule has 2 aromatic rings. The molecule has 0 saturated carbocycles. The van der Waals surface area contributed by atoms with Gasteiger partial charge in [0, 0.05) is 23.8 Å². The highest BCUT2D eigenvalue weighted by Crippen LogP contribution is 2.43. The Morgan fingerprint density at radius 1 is 1.31 bits per heavy atom. The third-order valence-electron chi connectivity index (χ3n) is 5.85. The van der Waals surface area contributed by atoms with Gasteiger partial charge >= 0.3 is 5.69 Å².